The van der Waals surface area contributed by atoms with E-state index in [-0.39, 0.29) is 11.1 Å². The SMILES string of the molecule is CC(C)(C)N(CCCCCCCCCCN)C(C)(C)C. The topological polar surface area (TPSA) is 29.3 Å². The summed E-state index contributed by atoms with van der Waals surface area (Å²) in [6, 6.07) is 0. The van der Waals surface area contributed by atoms with E-state index in [9.17, 15) is 0 Å². The number of hydrogen-bond donors (Lipinski definition) is 1. The Kier molecular flexibility index (Phi) is 9.74. The summed E-state index contributed by atoms with van der Waals surface area (Å²) in [5.74, 6) is 0. The first kappa shape index (κ1) is 19.9. The lowest BCUT2D eigenvalue weighted by atomic mass is 9.95. The average molecular weight is 285 g/mol. The summed E-state index contributed by atoms with van der Waals surface area (Å²) in [4.78, 5) is 2.64. The molecule has 0 unspecified atom stereocenters. The molecular weight excluding hydrogens is 244 g/mol. The maximum atomic E-state index is 5.50. The highest BCUT2D eigenvalue weighted by atomic mass is 15.2. The largest absolute Gasteiger partial charge is 0.330 e. The summed E-state index contributed by atoms with van der Waals surface area (Å²) in [6.07, 6.45) is 10.8. The molecule has 0 aliphatic heterocycles. The molecule has 2 nitrogen and oxygen atoms in total. The molecule has 0 aromatic rings. The molecular formula is C18H40N2. The molecule has 0 heterocycles. The van der Waals surface area contributed by atoms with Gasteiger partial charge in [-0.3, -0.25) is 4.90 Å². The van der Waals surface area contributed by atoms with Crippen molar-refractivity contribution in [3.8, 4) is 0 Å². The molecule has 0 aliphatic carbocycles. The number of rotatable bonds is 10. The first-order valence-electron chi connectivity index (χ1n) is 8.67. The molecule has 0 bridgehead atoms. The Morgan fingerprint density at radius 1 is 0.600 bits per heavy atom. The second-order valence-electron chi connectivity index (χ2n) is 8.11. The third-order valence-corrected chi connectivity index (χ3v) is 3.96. The van der Waals surface area contributed by atoms with Crippen LogP contribution in [0.5, 0.6) is 0 Å². The van der Waals surface area contributed by atoms with Gasteiger partial charge in [-0.25, -0.2) is 0 Å². The third-order valence-electron chi connectivity index (χ3n) is 3.96. The lowest BCUT2D eigenvalue weighted by Gasteiger charge is -2.45. The van der Waals surface area contributed by atoms with E-state index >= 15 is 0 Å². The molecule has 0 amide bonds. The Bertz CT molecular complexity index is 209. The molecule has 2 N–H and O–H groups in total. The fourth-order valence-corrected chi connectivity index (χ4v) is 3.15. The molecule has 0 aliphatic rings. The van der Waals surface area contributed by atoms with E-state index in [0.717, 1.165) is 6.54 Å². The van der Waals surface area contributed by atoms with Gasteiger partial charge in [0, 0.05) is 11.1 Å². The zero-order chi connectivity index (χ0) is 15.6. The van der Waals surface area contributed by atoms with E-state index in [1.54, 1.807) is 0 Å². The summed E-state index contributed by atoms with van der Waals surface area (Å²) in [7, 11) is 0. The van der Waals surface area contributed by atoms with Crippen molar-refractivity contribution in [1.82, 2.24) is 4.90 Å². The van der Waals surface area contributed by atoms with Crippen LogP contribution in [0.1, 0.15) is 92.9 Å². The van der Waals surface area contributed by atoms with Crippen LogP contribution in [0.2, 0.25) is 0 Å². The van der Waals surface area contributed by atoms with Crippen LogP contribution in [0, 0.1) is 0 Å². The Hall–Kier alpha value is -0.0800. The number of nitrogens with two attached hydrogens (primary N) is 1. The molecule has 0 rings (SSSR count). The molecule has 0 saturated carbocycles. The van der Waals surface area contributed by atoms with Gasteiger partial charge in [0.05, 0.1) is 0 Å². The Morgan fingerprint density at radius 2 is 0.950 bits per heavy atom. The van der Waals surface area contributed by atoms with Crippen molar-refractivity contribution in [2.24, 2.45) is 5.73 Å². The van der Waals surface area contributed by atoms with Crippen molar-refractivity contribution in [3.05, 3.63) is 0 Å². The summed E-state index contributed by atoms with van der Waals surface area (Å²) in [5.41, 5.74) is 6.03. The highest BCUT2D eigenvalue weighted by molar-refractivity contribution is 4.86. The molecule has 0 atom stereocenters. The van der Waals surface area contributed by atoms with Gasteiger partial charge in [0.15, 0.2) is 0 Å². The van der Waals surface area contributed by atoms with Crippen LogP contribution in [-0.4, -0.2) is 29.1 Å². The second-order valence-corrected chi connectivity index (χ2v) is 8.11. The monoisotopic (exact) mass is 284 g/mol. The zero-order valence-electron chi connectivity index (χ0n) is 15.1. The first-order valence-corrected chi connectivity index (χ1v) is 8.67. The van der Waals surface area contributed by atoms with E-state index in [0.29, 0.717) is 0 Å². The molecule has 0 radical (unpaired) electrons. The molecule has 0 fully saturated rings. The Labute approximate surface area is 128 Å². The molecule has 20 heavy (non-hydrogen) atoms. The quantitative estimate of drug-likeness (QED) is 0.574. The summed E-state index contributed by atoms with van der Waals surface area (Å²) in [6.45, 7) is 16.1. The van der Waals surface area contributed by atoms with Crippen molar-refractivity contribution in [3.63, 3.8) is 0 Å². The van der Waals surface area contributed by atoms with Gasteiger partial charge in [-0.2, -0.15) is 0 Å². The fraction of sp³-hybridized carbons (Fsp3) is 1.00. The van der Waals surface area contributed by atoms with E-state index in [1.165, 1.54) is 57.9 Å². The van der Waals surface area contributed by atoms with Gasteiger partial charge in [0.1, 0.15) is 0 Å². The highest BCUT2D eigenvalue weighted by Crippen LogP contribution is 2.25. The minimum Gasteiger partial charge on any atom is -0.330 e. The highest BCUT2D eigenvalue weighted by Gasteiger charge is 2.30. The van der Waals surface area contributed by atoms with Crippen molar-refractivity contribution in [2.45, 2.75) is 104 Å². The molecule has 0 spiro atoms. The van der Waals surface area contributed by atoms with Crippen LogP contribution in [0.4, 0.5) is 0 Å². The number of hydrogen-bond acceptors (Lipinski definition) is 2. The van der Waals surface area contributed by atoms with Gasteiger partial charge in [-0.15, -0.1) is 0 Å². The maximum absolute atomic E-state index is 5.50. The summed E-state index contributed by atoms with van der Waals surface area (Å²) < 4.78 is 0. The maximum Gasteiger partial charge on any atom is 0.0130 e. The van der Waals surface area contributed by atoms with Crippen molar-refractivity contribution < 1.29 is 0 Å². The van der Waals surface area contributed by atoms with E-state index < -0.39 is 0 Å². The minimum absolute atomic E-state index is 0.264. The van der Waals surface area contributed by atoms with Crippen LogP contribution in [0.3, 0.4) is 0 Å². The zero-order valence-corrected chi connectivity index (χ0v) is 15.1. The molecule has 0 saturated heterocycles. The Balaban J connectivity index is 3.71. The van der Waals surface area contributed by atoms with Crippen LogP contribution >= 0.6 is 0 Å². The standard InChI is InChI=1S/C18H40N2/c1-17(2,3)20(18(4,5)6)16-14-12-10-8-7-9-11-13-15-19/h7-16,19H2,1-6H3. The first-order chi connectivity index (χ1) is 9.19. The minimum atomic E-state index is 0.264. The Morgan fingerprint density at radius 3 is 1.30 bits per heavy atom. The van der Waals surface area contributed by atoms with Crippen molar-refractivity contribution >= 4 is 0 Å². The molecule has 0 aromatic carbocycles. The lowest BCUT2D eigenvalue weighted by molar-refractivity contribution is 0.0367. The van der Waals surface area contributed by atoms with Gasteiger partial charge in [-0.1, -0.05) is 38.5 Å². The smallest absolute Gasteiger partial charge is 0.0130 e. The van der Waals surface area contributed by atoms with Gasteiger partial charge in [0.2, 0.25) is 0 Å². The van der Waals surface area contributed by atoms with E-state index in [1.807, 2.05) is 0 Å². The summed E-state index contributed by atoms with van der Waals surface area (Å²) in [5, 5.41) is 0. The second kappa shape index (κ2) is 9.78. The van der Waals surface area contributed by atoms with Gasteiger partial charge < -0.3 is 5.73 Å². The normalized spacial score (nSPS) is 13.2. The predicted molar refractivity (Wildman–Crippen MR) is 92.2 cm³/mol. The van der Waals surface area contributed by atoms with Gasteiger partial charge in [-0.05, 0) is 67.5 Å². The van der Waals surface area contributed by atoms with E-state index in [2.05, 4.69) is 46.4 Å². The average Bonchev–Trinajstić information content (AvgIpc) is 2.28. The van der Waals surface area contributed by atoms with Crippen LogP contribution in [0.25, 0.3) is 0 Å². The molecule has 122 valence electrons. The van der Waals surface area contributed by atoms with Crippen LogP contribution < -0.4 is 5.73 Å². The summed E-state index contributed by atoms with van der Waals surface area (Å²) >= 11 is 0. The number of nitrogens with zero attached hydrogens (tertiary/aromatic N) is 1. The molecule has 2 heteroatoms. The predicted octanol–water partition coefficient (Wildman–Crippen LogP) is 4.96. The number of unbranched alkanes of at least 4 members (excludes halogenated alkanes) is 7. The van der Waals surface area contributed by atoms with Crippen molar-refractivity contribution in [2.75, 3.05) is 13.1 Å². The third kappa shape index (κ3) is 9.77. The molecule has 0 aromatic heterocycles. The van der Waals surface area contributed by atoms with Gasteiger partial charge in [0.25, 0.3) is 0 Å². The van der Waals surface area contributed by atoms with Crippen LogP contribution in [-0.2, 0) is 0 Å². The van der Waals surface area contributed by atoms with Crippen LogP contribution in [0.15, 0.2) is 0 Å². The van der Waals surface area contributed by atoms with E-state index in [4.69, 9.17) is 5.73 Å². The lowest BCUT2D eigenvalue weighted by Crippen LogP contribution is -2.52. The fourth-order valence-electron chi connectivity index (χ4n) is 3.15. The van der Waals surface area contributed by atoms with Gasteiger partial charge >= 0.3 is 0 Å². The van der Waals surface area contributed by atoms with Crippen molar-refractivity contribution in [1.29, 1.82) is 0 Å².